The Morgan fingerprint density at radius 2 is 1.62 bits per heavy atom. The van der Waals surface area contributed by atoms with Crippen molar-refractivity contribution in [1.29, 1.82) is 0 Å². The van der Waals surface area contributed by atoms with Crippen LogP contribution in [0.4, 0.5) is 5.69 Å². The molecule has 0 aliphatic heterocycles. The van der Waals surface area contributed by atoms with Crippen molar-refractivity contribution < 1.29 is 19.1 Å². The van der Waals surface area contributed by atoms with Gasteiger partial charge in [0.25, 0.3) is 0 Å². The van der Waals surface area contributed by atoms with Gasteiger partial charge >= 0.3 is 5.97 Å². The Hall–Kier alpha value is -2.37. The van der Waals surface area contributed by atoms with E-state index in [2.05, 4.69) is 15.4 Å². The molecule has 6 nitrogen and oxygen atoms in total. The van der Waals surface area contributed by atoms with Gasteiger partial charge in [0.1, 0.15) is 12.5 Å². The first-order valence-electron chi connectivity index (χ1n) is 7.96. The van der Waals surface area contributed by atoms with E-state index in [0.717, 1.165) is 11.1 Å². The summed E-state index contributed by atoms with van der Waals surface area (Å²) in [4.78, 5) is 35.7. The fourth-order valence-corrected chi connectivity index (χ4v) is 2.47. The zero-order chi connectivity index (χ0) is 18.3. The number of amides is 2. The van der Waals surface area contributed by atoms with E-state index in [-0.39, 0.29) is 12.3 Å². The Balaban J connectivity index is 2.61. The number of carbonyl (C=O) groups excluding carboxylic acids is 3. The Morgan fingerprint density at radius 3 is 2.12 bits per heavy atom. The van der Waals surface area contributed by atoms with E-state index in [0.29, 0.717) is 12.1 Å². The molecule has 0 fully saturated rings. The molecule has 0 radical (unpaired) electrons. The van der Waals surface area contributed by atoms with Crippen molar-refractivity contribution in [2.45, 2.75) is 46.6 Å². The molecule has 132 valence electrons. The highest BCUT2D eigenvalue weighted by molar-refractivity contribution is 6.04. The maximum atomic E-state index is 12.0. The Morgan fingerprint density at radius 1 is 1.04 bits per heavy atom. The van der Waals surface area contributed by atoms with Crippen LogP contribution in [0.1, 0.15) is 37.8 Å². The fourth-order valence-electron chi connectivity index (χ4n) is 2.47. The summed E-state index contributed by atoms with van der Waals surface area (Å²) in [5, 5.41) is 5.26. The molecule has 0 aliphatic rings. The monoisotopic (exact) mass is 334 g/mol. The number of hydrogen-bond donors (Lipinski definition) is 2. The highest BCUT2D eigenvalue weighted by atomic mass is 16.5. The standard InChI is InChI=1S/C18H26N2O4/c1-11(2)6-15(18(23)24-5)20-17(22)10-16(21)19-14-8-12(3)7-13(4)9-14/h7-9,11,15H,6,10H2,1-5H3,(H,19,21)(H,20,22)/t15-/m0/s1. The van der Waals surface area contributed by atoms with Crippen molar-refractivity contribution >= 4 is 23.5 Å². The van der Waals surface area contributed by atoms with Crippen molar-refractivity contribution in [3.05, 3.63) is 29.3 Å². The van der Waals surface area contributed by atoms with Gasteiger partial charge in [0.05, 0.1) is 7.11 Å². The molecule has 0 saturated carbocycles. The minimum absolute atomic E-state index is 0.207. The summed E-state index contributed by atoms with van der Waals surface area (Å²) in [6.45, 7) is 7.74. The highest BCUT2D eigenvalue weighted by Crippen LogP contribution is 2.14. The van der Waals surface area contributed by atoms with Gasteiger partial charge in [-0.1, -0.05) is 19.9 Å². The van der Waals surface area contributed by atoms with E-state index in [1.807, 2.05) is 45.9 Å². The molecule has 0 bridgehead atoms. The third-order valence-corrected chi connectivity index (χ3v) is 3.35. The second kappa shape index (κ2) is 9.05. The van der Waals surface area contributed by atoms with Crippen LogP contribution in [-0.2, 0) is 19.1 Å². The molecular formula is C18H26N2O4. The molecule has 0 aromatic heterocycles. The first-order valence-corrected chi connectivity index (χ1v) is 7.96. The van der Waals surface area contributed by atoms with E-state index in [9.17, 15) is 14.4 Å². The smallest absolute Gasteiger partial charge is 0.328 e. The second-order valence-corrected chi connectivity index (χ2v) is 6.37. The van der Waals surface area contributed by atoms with E-state index in [1.54, 1.807) is 0 Å². The molecule has 0 saturated heterocycles. The molecule has 2 N–H and O–H groups in total. The van der Waals surface area contributed by atoms with Crippen LogP contribution in [0.3, 0.4) is 0 Å². The number of esters is 1. The Kier molecular flexibility index (Phi) is 7.42. The molecule has 1 rings (SSSR count). The summed E-state index contributed by atoms with van der Waals surface area (Å²) in [7, 11) is 1.27. The number of carbonyl (C=O) groups is 3. The van der Waals surface area contributed by atoms with Crippen LogP contribution in [0.15, 0.2) is 18.2 Å². The number of aryl methyl sites for hydroxylation is 2. The van der Waals surface area contributed by atoms with Crippen molar-refractivity contribution in [2.75, 3.05) is 12.4 Å². The average molecular weight is 334 g/mol. The van der Waals surface area contributed by atoms with E-state index < -0.39 is 23.8 Å². The number of ether oxygens (including phenoxy) is 1. The van der Waals surface area contributed by atoms with Gasteiger partial charge < -0.3 is 15.4 Å². The normalized spacial score (nSPS) is 11.8. The zero-order valence-electron chi connectivity index (χ0n) is 14.9. The third kappa shape index (κ3) is 6.81. The zero-order valence-corrected chi connectivity index (χ0v) is 14.9. The fraction of sp³-hybridized carbons (Fsp3) is 0.500. The summed E-state index contributed by atoms with van der Waals surface area (Å²) in [6.07, 6.45) is 0.107. The van der Waals surface area contributed by atoms with Crippen molar-refractivity contribution in [2.24, 2.45) is 5.92 Å². The molecule has 0 heterocycles. The summed E-state index contributed by atoms with van der Waals surface area (Å²) in [5.41, 5.74) is 2.70. The number of anilines is 1. The largest absolute Gasteiger partial charge is 0.467 e. The summed E-state index contributed by atoms with van der Waals surface area (Å²) < 4.78 is 4.69. The van der Waals surface area contributed by atoms with E-state index >= 15 is 0 Å². The van der Waals surface area contributed by atoms with Gasteiger partial charge in [-0.2, -0.15) is 0 Å². The molecule has 2 amide bonds. The van der Waals surface area contributed by atoms with E-state index in [1.165, 1.54) is 7.11 Å². The predicted molar refractivity (Wildman–Crippen MR) is 92.6 cm³/mol. The number of hydrogen-bond acceptors (Lipinski definition) is 4. The molecule has 0 spiro atoms. The van der Waals surface area contributed by atoms with E-state index in [4.69, 9.17) is 0 Å². The average Bonchev–Trinajstić information content (AvgIpc) is 2.43. The lowest BCUT2D eigenvalue weighted by Crippen LogP contribution is -2.43. The highest BCUT2D eigenvalue weighted by Gasteiger charge is 2.23. The van der Waals surface area contributed by atoms with Gasteiger partial charge in [0, 0.05) is 5.69 Å². The molecule has 1 aromatic carbocycles. The SMILES string of the molecule is COC(=O)[C@H](CC(C)C)NC(=O)CC(=O)Nc1cc(C)cc(C)c1. The minimum atomic E-state index is -0.739. The third-order valence-electron chi connectivity index (χ3n) is 3.35. The first kappa shape index (κ1) is 19.7. The molecule has 6 heteroatoms. The molecule has 1 atom stereocenters. The van der Waals surface area contributed by atoms with Gasteiger partial charge in [-0.3, -0.25) is 9.59 Å². The Labute approximate surface area is 143 Å². The van der Waals surface area contributed by atoms with Gasteiger partial charge in [-0.05, 0) is 49.4 Å². The van der Waals surface area contributed by atoms with Crippen LogP contribution < -0.4 is 10.6 Å². The molecule has 0 unspecified atom stereocenters. The van der Waals surface area contributed by atoms with Crippen LogP contribution in [0, 0.1) is 19.8 Å². The summed E-state index contributed by atoms with van der Waals surface area (Å²) in [6, 6.07) is 4.92. The first-order chi connectivity index (χ1) is 11.2. The van der Waals surface area contributed by atoms with Crippen molar-refractivity contribution in [3.8, 4) is 0 Å². The lowest BCUT2D eigenvalue weighted by Gasteiger charge is -2.18. The van der Waals surface area contributed by atoms with Crippen LogP contribution in [0.5, 0.6) is 0 Å². The van der Waals surface area contributed by atoms with Crippen LogP contribution in [-0.4, -0.2) is 30.9 Å². The minimum Gasteiger partial charge on any atom is -0.467 e. The summed E-state index contributed by atoms with van der Waals surface area (Å²) in [5.74, 6) is -1.23. The van der Waals surface area contributed by atoms with Gasteiger partial charge in [0.2, 0.25) is 11.8 Å². The quantitative estimate of drug-likeness (QED) is 0.592. The van der Waals surface area contributed by atoms with Gasteiger partial charge in [-0.25, -0.2) is 4.79 Å². The number of rotatable bonds is 7. The Bertz CT molecular complexity index is 591. The summed E-state index contributed by atoms with van der Waals surface area (Å²) >= 11 is 0. The van der Waals surface area contributed by atoms with Gasteiger partial charge in [0.15, 0.2) is 0 Å². The lowest BCUT2D eigenvalue weighted by molar-refractivity contribution is -0.146. The second-order valence-electron chi connectivity index (χ2n) is 6.37. The number of benzene rings is 1. The molecular weight excluding hydrogens is 308 g/mol. The predicted octanol–water partition coefficient (Wildman–Crippen LogP) is 2.34. The topological polar surface area (TPSA) is 84.5 Å². The molecule has 1 aromatic rings. The molecule has 0 aliphatic carbocycles. The van der Waals surface area contributed by atoms with Gasteiger partial charge in [-0.15, -0.1) is 0 Å². The van der Waals surface area contributed by atoms with Crippen molar-refractivity contribution in [3.63, 3.8) is 0 Å². The maximum Gasteiger partial charge on any atom is 0.328 e. The molecule has 24 heavy (non-hydrogen) atoms. The van der Waals surface area contributed by atoms with Crippen LogP contribution in [0.2, 0.25) is 0 Å². The van der Waals surface area contributed by atoms with Crippen LogP contribution in [0.25, 0.3) is 0 Å². The lowest BCUT2D eigenvalue weighted by atomic mass is 10.0. The number of nitrogens with one attached hydrogen (secondary N) is 2. The van der Waals surface area contributed by atoms with Crippen molar-refractivity contribution in [1.82, 2.24) is 5.32 Å². The number of methoxy groups -OCH3 is 1. The van der Waals surface area contributed by atoms with Crippen LogP contribution >= 0.6 is 0 Å². The maximum absolute atomic E-state index is 12.0.